The fourth-order valence-corrected chi connectivity index (χ4v) is 2.92. The van der Waals surface area contributed by atoms with Gasteiger partial charge in [-0.3, -0.25) is 20.6 Å². The minimum absolute atomic E-state index is 0.00736. The molecule has 0 unspecified atom stereocenters. The Morgan fingerprint density at radius 2 is 2.17 bits per heavy atom. The number of rotatable bonds is 10. The van der Waals surface area contributed by atoms with Gasteiger partial charge >= 0.3 is 0 Å². The maximum absolute atomic E-state index is 13.4. The molecule has 0 spiro atoms. The van der Waals surface area contributed by atoms with Gasteiger partial charge in [0.2, 0.25) is 5.91 Å². The summed E-state index contributed by atoms with van der Waals surface area (Å²) in [6.07, 6.45) is -3.02. The Labute approximate surface area is 171 Å². The molecule has 29 heavy (non-hydrogen) atoms. The van der Waals surface area contributed by atoms with Crippen LogP contribution >= 0.6 is 23.9 Å². The smallest absolute Gasteiger partial charge is 0.266 e. The number of alkyl halides is 2. The van der Waals surface area contributed by atoms with Crippen molar-refractivity contribution in [2.45, 2.75) is 11.5 Å². The van der Waals surface area contributed by atoms with Crippen LogP contribution in [0.2, 0.25) is 0 Å². The van der Waals surface area contributed by atoms with E-state index < -0.39 is 17.8 Å². The van der Waals surface area contributed by atoms with Crippen LogP contribution in [0.3, 0.4) is 0 Å². The van der Waals surface area contributed by atoms with Gasteiger partial charge in [-0.1, -0.05) is 11.8 Å². The van der Waals surface area contributed by atoms with Gasteiger partial charge in [-0.05, 0) is 28.5 Å². The number of carbonyl (C=O) groups is 1. The molecule has 1 heterocycles. The Bertz CT molecular complexity index is 854. The van der Waals surface area contributed by atoms with Crippen LogP contribution in [0.15, 0.2) is 32.8 Å². The minimum atomic E-state index is -3.02. The Kier molecular flexibility index (Phi) is 9.20. The Morgan fingerprint density at radius 1 is 1.38 bits per heavy atom. The van der Waals surface area contributed by atoms with Crippen molar-refractivity contribution in [2.24, 2.45) is 10.1 Å². The predicted octanol–water partition coefficient (Wildman–Crippen LogP) is 1.52. The molecule has 1 aromatic carbocycles. The summed E-state index contributed by atoms with van der Waals surface area (Å²) in [6, 6.07) is 2.84. The first kappa shape index (κ1) is 23.0. The molecule has 0 aliphatic heterocycles. The van der Waals surface area contributed by atoms with Gasteiger partial charge in [-0.25, -0.2) is 27.5 Å². The first-order valence-corrected chi connectivity index (χ1v) is 9.70. The number of hydrogen-bond acceptors (Lipinski definition) is 10. The van der Waals surface area contributed by atoms with Gasteiger partial charge in [0, 0.05) is 24.4 Å². The van der Waals surface area contributed by atoms with Crippen molar-refractivity contribution in [3.05, 3.63) is 35.3 Å². The van der Waals surface area contributed by atoms with E-state index in [0.717, 1.165) is 42.1 Å². The molecule has 0 atom stereocenters. The summed E-state index contributed by atoms with van der Waals surface area (Å²) < 4.78 is 46.3. The van der Waals surface area contributed by atoms with E-state index in [4.69, 9.17) is 5.14 Å². The molecule has 2 rings (SSSR count). The number of aliphatic imine (C=N–C) groups is 1. The summed E-state index contributed by atoms with van der Waals surface area (Å²) in [7, 11) is 0. The van der Waals surface area contributed by atoms with E-state index in [1.54, 1.807) is 5.48 Å². The maximum atomic E-state index is 13.4. The molecule has 0 bridgehead atoms. The van der Waals surface area contributed by atoms with E-state index in [2.05, 4.69) is 30.0 Å². The number of amides is 1. The summed E-state index contributed by atoms with van der Waals surface area (Å²) in [4.78, 5) is 15.4. The van der Waals surface area contributed by atoms with Gasteiger partial charge in [0.1, 0.15) is 5.82 Å². The van der Waals surface area contributed by atoms with Gasteiger partial charge in [-0.15, -0.1) is 0 Å². The first-order valence-electron chi connectivity index (χ1n) is 7.83. The Hall–Kier alpha value is -2.33. The summed E-state index contributed by atoms with van der Waals surface area (Å²) in [5.41, 5.74) is 0.926. The number of thioether (sulfide) groups is 1. The number of nitrogens with zero attached hydrogens (tertiary/aromatic N) is 3. The lowest BCUT2D eigenvalue weighted by Gasteiger charge is -2.06. The number of hydrogen-bond donors (Lipinski definition) is 5. The van der Waals surface area contributed by atoms with Gasteiger partial charge in [0.25, 0.3) is 6.43 Å². The van der Waals surface area contributed by atoms with Crippen LogP contribution in [-0.4, -0.2) is 46.1 Å². The quantitative estimate of drug-likeness (QED) is 0.0898. The van der Waals surface area contributed by atoms with E-state index in [1.165, 1.54) is 0 Å². The topological polar surface area (TPSA) is 151 Å². The molecule has 158 valence electrons. The molecule has 1 aromatic heterocycles. The van der Waals surface area contributed by atoms with Crippen molar-refractivity contribution in [2.75, 3.05) is 18.8 Å². The minimum Gasteiger partial charge on any atom is -0.354 e. The lowest BCUT2D eigenvalue weighted by molar-refractivity contribution is -0.119. The van der Waals surface area contributed by atoms with Gasteiger partial charge in [-0.2, -0.15) is 0 Å². The summed E-state index contributed by atoms with van der Waals surface area (Å²) in [5.74, 6) is -1.19. The number of aromatic nitrogens is 2. The number of amidine groups is 1. The molecule has 0 fully saturated rings. The molecule has 6 N–H and O–H groups in total. The second-order valence-electron chi connectivity index (χ2n) is 5.13. The van der Waals surface area contributed by atoms with Crippen LogP contribution in [0.1, 0.15) is 17.7 Å². The van der Waals surface area contributed by atoms with Crippen LogP contribution in [0.25, 0.3) is 0 Å². The molecular formula is C14H16F3N7O3S2. The van der Waals surface area contributed by atoms with Crippen LogP contribution in [0, 0.1) is 5.82 Å². The van der Waals surface area contributed by atoms with Gasteiger partial charge < -0.3 is 5.32 Å². The number of halogens is 3. The highest BCUT2D eigenvalue weighted by molar-refractivity contribution is 7.99. The molecule has 0 radical (unpaired) electrons. The lowest BCUT2D eigenvalue weighted by atomic mass is 10.2. The normalized spacial score (nSPS) is 11.7. The van der Waals surface area contributed by atoms with Crippen molar-refractivity contribution >= 4 is 41.3 Å². The number of nitrogens with one attached hydrogen (secondary N) is 3. The van der Waals surface area contributed by atoms with E-state index in [0.29, 0.717) is 12.3 Å². The predicted molar refractivity (Wildman–Crippen MR) is 100 cm³/mol. The van der Waals surface area contributed by atoms with Gasteiger partial charge in [0.05, 0.1) is 17.8 Å². The van der Waals surface area contributed by atoms with Crippen molar-refractivity contribution in [1.82, 2.24) is 25.8 Å². The first-order chi connectivity index (χ1) is 14.0. The highest BCUT2D eigenvalue weighted by atomic mass is 32.2. The average Bonchev–Trinajstić information content (AvgIpc) is 3.17. The molecule has 15 heteroatoms. The summed E-state index contributed by atoms with van der Waals surface area (Å²) in [5, 5.41) is 24.6. The maximum Gasteiger partial charge on any atom is 0.266 e. The van der Waals surface area contributed by atoms with Crippen LogP contribution in [0.4, 0.5) is 18.9 Å². The van der Waals surface area contributed by atoms with Crippen molar-refractivity contribution in [3.8, 4) is 0 Å². The SMILES string of the molecule is NSNCC(=O)NCCSc1nonc1C(=Nc1ccc(F)c(C(F)F)c1)NO. The highest BCUT2D eigenvalue weighted by Crippen LogP contribution is 2.27. The van der Waals surface area contributed by atoms with Crippen LogP contribution < -0.4 is 20.7 Å². The molecule has 0 saturated carbocycles. The third kappa shape index (κ3) is 6.90. The average molecular weight is 451 g/mol. The second-order valence-corrected chi connectivity index (χ2v) is 6.74. The third-order valence-corrected chi connectivity index (χ3v) is 4.48. The van der Waals surface area contributed by atoms with Crippen molar-refractivity contribution in [1.29, 1.82) is 0 Å². The number of benzene rings is 1. The molecule has 0 aliphatic carbocycles. The molecular weight excluding hydrogens is 435 g/mol. The van der Waals surface area contributed by atoms with E-state index in [1.807, 2.05) is 0 Å². The molecule has 10 nitrogen and oxygen atoms in total. The second kappa shape index (κ2) is 11.6. The fourth-order valence-electron chi connectivity index (χ4n) is 1.96. The monoisotopic (exact) mass is 451 g/mol. The standard InChI is InChI=1S/C14H16F3N7O3S2/c15-9-2-1-7(5-8(9)12(16)17)21-13(22-26)11-14(24-27-23-11)28-4-3-19-10(25)6-20-29-18/h1-2,5,12,20,26H,3-4,6,18H2,(H,19,25)(H,21,22). The molecule has 1 amide bonds. The zero-order valence-electron chi connectivity index (χ0n) is 14.6. The van der Waals surface area contributed by atoms with Crippen LogP contribution in [0.5, 0.6) is 0 Å². The fraction of sp³-hybridized carbons (Fsp3) is 0.286. The van der Waals surface area contributed by atoms with E-state index in [-0.39, 0.29) is 34.7 Å². The summed E-state index contributed by atoms with van der Waals surface area (Å²) in [6.45, 7) is 0.341. The molecule has 0 aliphatic rings. The zero-order chi connectivity index (χ0) is 21.2. The van der Waals surface area contributed by atoms with E-state index in [9.17, 15) is 23.2 Å². The number of nitrogens with two attached hydrogens (primary N) is 1. The van der Waals surface area contributed by atoms with Crippen molar-refractivity contribution in [3.63, 3.8) is 0 Å². The van der Waals surface area contributed by atoms with Crippen LogP contribution in [-0.2, 0) is 4.79 Å². The highest BCUT2D eigenvalue weighted by Gasteiger charge is 2.18. The largest absolute Gasteiger partial charge is 0.354 e. The lowest BCUT2D eigenvalue weighted by Crippen LogP contribution is -2.33. The number of hydroxylamine groups is 1. The molecule has 0 saturated heterocycles. The Balaban J connectivity index is 2.06. The van der Waals surface area contributed by atoms with Gasteiger partial charge in [0.15, 0.2) is 16.6 Å². The Morgan fingerprint density at radius 3 is 2.86 bits per heavy atom. The van der Waals surface area contributed by atoms with E-state index >= 15 is 0 Å². The zero-order valence-corrected chi connectivity index (χ0v) is 16.2. The number of carbonyl (C=O) groups excluding carboxylic acids is 1. The third-order valence-electron chi connectivity index (χ3n) is 3.22. The molecule has 2 aromatic rings. The summed E-state index contributed by atoms with van der Waals surface area (Å²) >= 11 is 1.97. The van der Waals surface area contributed by atoms with Crippen molar-refractivity contribution < 1.29 is 27.8 Å².